The molecule has 2 aliphatic rings. The maximum absolute atomic E-state index is 13.0. The van der Waals surface area contributed by atoms with Crippen molar-refractivity contribution in [2.24, 2.45) is 0 Å². The molecule has 14 heavy (non-hydrogen) atoms. The predicted molar refractivity (Wildman–Crippen MR) is 57.8 cm³/mol. The van der Waals surface area contributed by atoms with Crippen molar-refractivity contribution in [3.63, 3.8) is 0 Å². The Hall–Kier alpha value is -0.0199. The quantitative estimate of drug-likeness (QED) is 0.715. The van der Waals surface area contributed by atoms with Gasteiger partial charge in [-0.3, -0.25) is 0 Å². The zero-order chi connectivity index (χ0) is 9.97. The summed E-state index contributed by atoms with van der Waals surface area (Å²) in [5.41, 5.74) is 2.56. The second-order valence-electron chi connectivity index (χ2n) is 3.91. The molecular weight excluding hydrogens is 280 g/mol. The van der Waals surface area contributed by atoms with Crippen LogP contribution in [0.1, 0.15) is 12.8 Å². The van der Waals surface area contributed by atoms with Gasteiger partial charge >= 0.3 is 95.9 Å². The Bertz CT molecular complexity index is 317. The molecule has 0 N–H and O–H groups in total. The molecule has 1 radical (unpaired) electrons. The third-order valence-electron chi connectivity index (χ3n) is 2.72. The van der Waals surface area contributed by atoms with Crippen LogP contribution in [0.2, 0.25) is 0 Å². The minimum atomic E-state index is -1.10. The minimum absolute atomic E-state index is 0.189. The number of allylic oxidation sites excluding steroid dienone is 3. The topological polar surface area (TPSA) is 3.24 Å². The fourth-order valence-corrected chi connectivity index (χ4v) is 4.51. The fourth-order valence-electron chi connectivity index (χ4n) is 1.87. The molecule has 3 heteroatoms. The zero-order valence-corrected chi connectivity index (χ0v) is 11.8. The molecule has 0 atom stereocenters. The summed E-state index contributed by atoms with van der Waals surface area (Å²) in [7, 11) is 2.14. The molecular formula is C11H14FInN. The summed E-state index contributed by atoms with van der Waals surface area (Å²) in [5, 5.41) is 0. The van der Waals surface area contributed by atoms with Gasteiger partial charge in [0.2, 0.25) is 0 Å². The van der Waals surface area contributed by atoms with Gasteiger partial charge in [-0.05, 0) is 0 Å². The number of nitrogens with zero attached hydrogens (tertiary/aromatic N) is 1. The Morgan fingerprint density at radius 1 is 1.50 bits per heavy atom. The summed E-state index contributed by atoms with van der Waals surface area (Å²) in [4.78, 5) is 2.31. The van der Waals surface area contributed by atoms with Gasteiger partial charge in [-0.2, -0.15) is 0 Å². The molecule has 0 aliphatic carbocycles. The van der Waals surface area contributed by atoms with Gasteiger partial charge < -0.3 is 0 Å². The number of halogens is 1. The van der Waals surface area contributed by atoms with Gasteiger partial charge in [-0.15, -0.1) is 0 Å². The Morgan fingerprint density at radius 2 is 2.36 bits per heavy atom. The summed E-state index contributed by atoms with van der Waals surface area (Å²) in [5.74, 6) is 0. The summed E-state index contributed by atoms with van der Waals surface area (Å²) in [6.07, 6.45) is 6.33. The van der Waals surface area contributed by atoms with E-state index in [-0.39, 0.29) is 3.58 Å². The van der Waals surface area contributed by atoms with Crippen molar-refractivity contribution >= 4 is 22.9 Å². The molecule has 0 aromatic rings. The number of rotatable bonds is 1. The zero-order valence-electron chi connectivity index (χ0n) is 8.46. The molecule has 1 nitrogen and oxygen atoms in total. The number of hydrogen-bond donors (Lipinski definition) is 0. The predicted octanol–water partition coefficient (Wildman–Crippen LogP) is 2.05. The van der Waals surface area contributed by atoms with E-state index in [4.69, 9.17) is 0 Å². The van der Waals surface area contributed by atoms with Crippen molar-refractivity contribution in [3.05, 3.63) is 30.7 Å². The molecule has 2 heterocycles. The van der Waals surface area contributed by atoms with Crippen LogP contribution in [0.5, 0.6) is 0 Å². The Labute approximate surface area is 95.7 Å². The molecule has 0 saturated carbocycles. The molecule has 0 bridgehead atoms. The van der Waals surface area contributed by atoms with Crippen LogP contribution in [0.15, 0.2) is 30.7 Å². The van der Waals surface area contributed by atoms with Crippen molar-refractivity contribution in [2.45, 2.75) is 12.8 Å². The molecule has 2 rings (SSSR count). The number of hydrogen-bond acceptors (Lipinski definition) is 1. The maximum atomic E-state index is 13.0. The second kappa shape index (κ2) is 4.67. The monoisotopic (exact) mass is 294 g/mol. The molecule has 2 aliphatic heterocycles. The van der Waals surface area contributed by atoms with Gasteiger partial charge in [-0.25, -0.2) is 0 Å². The van der Waals surface area contributed by atoms with E-state index in [1.54, 1.807) is 6.08 Å². The summed E-state index contributed by atoms with van der Waals surface area (Å²) >= 11 is -1.10. The molecule has 0 aromatic carbocycles. The average Bonchev–Trinajstić information content (AvgIpc) is 2.46. The third kappa shape index (κ3) is 2.51. The fraction of sp³-hybridized carbons (Fsp3) is 0.455. The summed E-state index contributed by atoms with van der Waals surface area (Å²) < 4.78 is 15.3. The van der Waals surface area contributed by atoms with Gasteiger partial charge in [0, 0.05) is 0 Å². The first-order valence-corrected chi connectivity index (χ1v) is 8.61. The Kier molecular flexibility index (Phi) is 3.50. The van der Waals surface area contributed by atoms with Crippen molar-refractivity contribution in [3.8, 4) is 0 Å². The van der Waals surface area contributed by atoms with E-state index in [9.17, 15) is 4.39 Å². The van der Waals surface area contributed by atoms with Crippen molar-refractivity contribution in [1.29, 1.82) is 0 Å². The van der Waals surface area contributed by atoms with Crippen LogP contribution in [0.25, 0.3) is 0 Å². The standard InChI is InChI=1S/C11H14FN.In/c1-10(5-7-12)11-4-3-8-13(2)9-6-11;/h1,5-6H,3-4,8-9H2,2H3;. The van der Waals surface area contributed by atoms with Crippen LogP contribution in [0.4, 0.5) is 4.39 Å². The van der Waals surface area contributed by atoms with E-state index >= 15 is 0 Å². The van der Waals surface area contributed by atoms with E-state index in [1.165, 1.54) is 17.6 Å². The van der Waals surface area contributed by atoms with E-state index < -0.39 is 22.9 Å². The molecule has 0 spiro atoms. The van der Waals surface area contributed by atoms with E-state index in [2.05, 4.69) is 21.9 Å². The molecule has 0 unspecified atom stereocenters. The van der Waals surface area contributed by atoms with Crippen LogP contribution >= 0.6 is 0 Å². The Balaban J connectivity index is 2.10. The molecule has 73 valence electrons. The molecule has 0 fully saturated rings. The average molecular weight is 294 g/mol. The SMILES string of the molecule is CN1CC=C(C2=[CH][In][C](F)=C2)CCC1. The molecule has 0 aromatic heterocycles. The first-order valence-electron chi connectivity index (χ1n) is 5.06. The second-order valence-corrected chi connectivity index (χ2v) is 7.39. The van der Waals surface area contributed by atoms with Crippen molar-refractivity contribution in [1.82, 2.24) is 4.90 Å². The van der Waals surface area contributed by atoms with Crippen LogP contribution in [0, 0.1) is 0 Å². The molecule has 0 amide bonds. The van der Waals surface area contributed by atoms with Crippen molar-refractivity contribution in [2.75, 3.05) is 20.1 Å². The summed E-state index contributed by atoms with van der Waals surface area (Å²) in [6, 6.07) is 0. The van der Waals surface area contributed by atoms with E-state index in [1.807, 2.05) is 0 Å². The van der Waals surface area contributed by atoms with Gasteiger partial charge in [0.25, 0.3) is 0 Å². The number of likely N-dealkylation sites (N-methyl/N-ethyl adjacent to an activating group) is 1. The van der Waals surface area contributed by atoms with Gasteiger partial charge in [0.05, 0.1) is 0 Å². The summed E-state index contributed by atoms with van der Waals surface area (Å²) in [6.45, 7) is 2.16. The van der Waals surface area contributed by atoms with Crippen LogP contribution < -0.4 is 0 Å². The van der Waals surface area contributed by atoms with Crippen LogP contribution in [-0.2, 0) is 0 Å². The van der Waals surface area contributed by atoms with Gasteiger partial charge in [0.1, 0.15) is 0 Å². The van der Waals surface area contributed by atoms with E-state index in [0.29, 0.717) is 0 Å². The normalized spacial score (nSPS) is 23.4. The third-order valence-corrected chi connectivity index (χ3v) is 5.61. The van der Waals surface area contributed by atoms with E-state index in [0.717, 1.165) is 19.5 Å². The van der Waals surface area contributed by atoms with Gasteiger partial charge in [0.15, 0.2) is 0 Å². The van der Waals surface area contributed by atoms with Gasteiger partial charge in [-0.1, -0.05) is 0 Å². The van der Waals surface area contributed by atoms with Crippen LogP contribution in [0.3, 0.4) is 0 Å². The Morgan fingerprint density at radius 3 is 3.07 bits per heavy atom. The molecule has 0 saturated heterocycles. The van der Waals surface area contributed by atoms with Crippen molar-refractivity contribution < 1.29 is 4.39 Å². The van der Waals surface area contributed by atoms with Crippen LogP contribution in [-0.4, -0.2) is 47.9 Å². The first kappa shape index (κ1) is 10.5. The first-order chi connectivity index (χ1) is 6.75.